The third-order valence-corrected chi connectivity index (χ3v) is 1.15. The van der Waals surface area contributed by atoms with Gasteiger partial charge in [-0.2, -0.15) is 0 Å². The molecule has 0 saturated carbocycles. The van der Waals surface area contributed by atoms with Crippen molar-refractivity contribution in [1.29, 1.82) is 0 Å². The van der Waals surface area contributed by atoms with Gasteiger partial charge in [-0.15, -0.1) is 0 Å². The second kappa shape index (κ2) is 3.42. The Kier molecular flexibility index (Phi) is 1.04. The molecule has 0 radical (unpaired) electrons. The Bertz CT molecular complexity index is 470. The van der Waals surface area contributed by atoms with Crippen molar-refractivity contribution in [3.05, 3.63) is 23.7 Å². The highest BCUT2D eigenvalue weighted by Gasteiger charge is 2.07. The van der Waals surface area contributed by atoms with Gasteiger partial charge in [0.15, 0.2) is 11.5 Å². The molecule has 1 aromatic carbocycles. The summed E-state index contributed by atoms with van der Waals surface area (Å²) in [5.41, 5.74) is 3.95. The Hall–Kier alpha value is -1.26. The maximum atomic E-state index is 9.67. The number of phenolic OH excluding ortho intramolecular Hbond substituents is 2. The highest BCUT2D eigenvalue weighted by molar-refractivity contribution is 5.41. The Morgan fingerprint density at radius 2 is 2.25 bits per heavy atom. The Labute approximate surface area is 78.3 Å². The number of phenols is 2. The van der Waals surface area contributed by atoms with E-state index < -0.39 is 47.8 Å². The number of benzene rings is 1. The van der Waals surface area contributed by atoms with Crippen LogP contribution in [0.2, 0.25) is 0 Å². The normalized spacial score (nSPS) is 23.8. The first-order valence-electron chi connectivity index (χ1n) is 5.96. The summed E-state index contributed by atoms with van der Waals surface area (Å²) in [6.45, 7) is -3.03. The van der Waals surface area contributed by atoms with Crippen LogP contribution in [0, 0.1) is 0 Å². The third kappa shape index (κ3) is 1.66. The van der Waals surface area contributed by atoms with E-state index in [-0.39, 0.29) is 0 Å². The molecule has 1 aromatic rings. The first-order valence-corrected chi connectivity index (χ1v) is 2.96. The summed E-state index contributed by atoms with van der Waals surface area (Å²) in [4.78, 5) is 0. The molecule has 0 bridgehead atoms. The molecule has 0 amide bonds. The summed E-state index contributed by atoms with van der Waals surface area (Å²) in [6, 6.07) is -2.92. The highest BCUT2D eigenvalue weighted by Crippen LogP contribution is 2.27. The van der Waals surface area contributed by atoms with Crippen LogP contribution in [0.5, 0.6) is 11.5 Å². The molecular weight excluding hydrogens is 158 g/mol. The van der Waals surface area contributed by atoms with Crippen LogP contribution in [0.15, 0.2) is 18.1 Å². The fourth-order valence-corrected chi connectivity index (χ4v) is 0.580. The monoisotopic (exact) mass is 175 g/mol. The van der Waals surface area contributed by atoms with E-state index >= 15 is 0 Å². The van der Waals surface area contributed by atoms with Crippen molar-refractivity contribution >= 4 is 0 Å². The molecule has 0 aromatic heterocycles. The molecule has 0 aliphatic heterocycles. The molecule has 1 atom stereocenters. The highest BCUT2D eigenvalue weighted by atomic mass is 16.3. The van der Waals surface area contributed by atoms with Gasteiger partial charge in [0.05, 0.1) is 11.6 Å². The second-order valence-electron chi connectivity index (χ2n) is 1.94. The van der Waals surface area contributed by atoms with Crippen molar-refractivity contribution in [2.45, 2.75) is 6.08 Å². The minimum absolute atomic E-state index is 0.937. The van der Waals surface area contributed by atoms with E-state index in [0.29, 0.717) is 0 Å². The molecule has 0 aliphatic rings. The maximum Gasteiger partial charge on any atom is 0.157 e. The van der Waals surface area contributed by atoms with E-state index in [1.54, 1.807) is 0 Å². The van der Waals surface area contributed by atoms with E-state index in [0.717, 1.165) is 0 Å². The van der Waals surface area contributed by atoms with Gasteiger partial charge < -0.3 is 21.1 Å². The first kappa shape index (κ1) is 3.64. The third-order valence-electron chi connectivity index (χ3n) is 1.15. The van der Waals surface area contributed by atoms with E-state index in [4.69, 9.17) is 14.0 Å². The predicted octanol–water partition coefficient (Wildman–Crippen LogP) is 0.0899. The van der Waals surface area contributed by atoms with Gasteiger partial charge in [0.1, 0.15) is 0 Å². The summed E-state index contributed by atoms with van der Waals surface area (Å²) in [6.07, 6.45) is -3.22. The molecule has 4 nitrogen and oxygen atoms in total. The standard InChI is InChI=1S/C8H11NO3/c9-4-8(12)5-1-2-6(10)7(11)3-5/h1-3,8,10-12H,4,9H2/i1D,2D,3D,4D2,8D. The molecule has 0 saturated heterocycles. The minimum atomic E-state index is -3.22. The number of aromatic hydroxyl groups is 2. The summed E-state index contributed by atoms with van der Waals surface area (Å²) in [5.74, 6) is -2.18. The van der Waals surface area contributed by atoms with Gasteiger partial charge in [-0.25, -0.2) is 0 Å². The number of nitrogens with two attached hydrogens (primary N) is 1. The molecular formula is C8H11NO3. The van der Waals surface area contributed by atoms with E-state index in [1.165, 1.54) is 0 Å². The van der Waals surface area contributed by atoms with Crippen LogP contribution in [0.4, 0.5) is 0 Å². The lowest BCUT2D eigenvalue weighted by Crippen LogP contribution is -2.11. The zero-order valence-corrected chi connectivity index (χ0v) is 5.92. The van der Waals surface area contributed by atoms with Gasteiger partial charge in [-0.3, -0.25) is 0 Å². The molecule has 4 heteroatoms. The number of aliphatic hydroxyl groups is 1. The molecule has 1 rings (SSSR count). The summed E-state index contributed by atoms with van der Waals surface area (Å²) >= 11 is 0. The molecule has 0 spiro atoms. The summed E-state index contributed by atoms with van der Waals surface area (Å²) in [5, 5.41) is 28.2. The lowest BCUT2D eigenvalue weighted by molar-refractivity contribution is 0.186. The lowest BCUT2D eigenvalue weighted by Gasteiger charge is -2.08. The fourth-order valence-electron chi connectivity index (χ4n) is 0.580. The zero-order chi connectivity index (χ0) is 14.5. The van der Waals surface area contributed by atoms with Crippen molar-refractivity contribution in [3.63, 3.8) is 0 Å². The van der Waals surface area contributed by atoms with Gasteiger partial charge in [0.2, 0.25) is 0 Å². The topological polar surface area (TPSA) is 86.7 Å². The largest absolute Gasteiger partial charge is 0.504 e. The quantitative estimate of drug-likeness (QED) is 0.480. The van der Waals surface area contributed by atoms with E-state index in [2.05, 4.69) is 0 Å². The van der Waals surface area contributed by atoms with Gasteiger partial charge in [0, 0.05) is 9.24 Å². The maximum absolute atomic E-state index is 9.67. The van der Waals surface area contributed by atoms with Crippen molar-refractivity contribution < 1.29 is 23.5 Å². The van der Waals surface area contributed by atoms with Crippen molar-refractivity contribution in [3.8, 4) is 11.5 Å². The molecule has 0 heterocycles. The Balaban J connectivity index is 3.72. The Morgan fingerprint density at radius 1 is 1.58 bits per heavy atom. The summed E-state index contributed by atoms with van der Waals surface area (Å²) < 4.78 is 43.7. The van der Waals surface area contributed by atoms with Crippen molar-refractivity contribution in [1.82, 2.24) is 0 Å². The van der Waals surface area contributed by atoms with Crippen LogP contribution in [-0.2, 0) is 0 Å². The molecule has 66 valence electrons. The van der Waals surface area contributed by atoms with Crippen molar-refractivity contribution in [2.75, 3.05) is 6.50 Å². The molecule has 0 aliphatic carbocycles. The second-order valence-corrected chi connectivity index (χ2v) is 1.94. The van der Waals surface area contributed by atoms with Crippen LogP contribution >= 0.6 is 0 Å². The van der Waals surface area contributed by atoms with Gasteiger partial charge >= 0.3 is 0 Å². The fraction of sp³-hybridized carbons (Fsp3) is 0.250. The van der Waals surface area contributed by atoms with Crippen LogP contribution < -0.4 is 5.73 Å². The predicted molar refractivity (Wildman–Crippen MR) is 43.8 cm³/mol. The van der Waals surface area contributed by atoms with E-state index in [1.807, 2.05) is 0 Å². The van der Waals surface area contributed by atoms with Crippen molar-refractivity contribution in [2.24, 2.45) is 5.73 Å². The van der Waals surface area contributed by atoms with Crippen LogP contribution in [0.25, 0.3) is 0 Å². The zero-order valence-electron chi connectivity index (χ0n) is 11.9. The van der Waals surface area contributed by atoms with Gasteiger partial charge in [-0.1, -0.05) is 6.04 Å². The van der Waals surface area contributed by atoms with Gasteiger partial charge in [-0.05, 0) is 17.6 Å². The number of rotatable bonds is 2. The Morgan fingerprint density at radius 3 is 2.83 bits per heavy atom. The molecule has 5 N–H and O–H groups in total. The van der Waals surface area contributed by atoms with E-state index in [9.17, 15) is 15.3 Å². The molecule has 1 unspecified atom stereocenters. The summed E-state index contributed by atoms with van der Waals surface area (Å²) in [7, 11) is 0. The molecule has 12 heavy (non-hydrogen) atoms. The SMILES string of the molecule is [2H]c1c([2H])c(C([2H])(O)C([2H])([2H])N)c([2H])c(O)c1O. The van der Waals surface area contributed by atoms with Crippen LogP contribution in [0.1, 0.15) is 19.9 Å². The minimum Gasteiger partial charge on any atom is -0.504 e. The van der Waals surface area contributed by atoms with Crippen LogP contribution in [0.3, 0.4) is 0 Å². The number of hydrogen-bond donors (Lipinski definition) is 4. The smallest absolute Gasteiger partial charge is 0.157 e. The lowest BCUT2D eigenvalue weighted by atomic mass is 10.1. The first-order chi connectivity index (χ1) is 7.93. The van der Waals surface area contributed by atoms with Gasteiger partial charge in [0.25, 0.3) is 0 Å². The van der Waals surface area contributed by atoms with Crippen LogP contribution in [-0.4, -0.2) is 21.8 Å². The average molecular weight is 175 g/mol. The number of hydrogen-bond acceptors (Lipinski definition) is 4. The average Bonchev–Trinajstić information content (AvgIpc) is 2.22. The molecule has 0 fully saturated rings.